The summed E-state index contributed by atoms with van der Waals surface area (Å²) >= 11 is 0. The van der Waals surface area contributed by atoms with Crippen LogP contribution in [0.3, 0.4) is 0 Å². The lowest BCUT2D eigenvalue weighted by Crippen LogP contribution is -2.37. The van der Waals surface area contributed by atoms with E-state index in [1.807, 2.05) is 6.07 Å². The first-order valence-corrected chi connectivity index (χ1v) is 4.98. The monoisotopic (exact) mass is 204 g/mol. The second kappa shape index (κ2) is 4.71. The van der Waals surface area contributed by atoms with Gasteiger partial charge in [-0.05, 0) is 19.4 Å². The predicted octanol–water partition coefficient (Wildman–Crippen LogP) is 0.479. The molecule has 1 aromatic heterocycles. The van der Waals surface area contributed by atoms with E-state index in [-0.39, 0.29) is 11.8 Å². The Hall–Kier alpha value is -1.67. The van der Waals surface area contributed by atoms with Crippen LogP contribution in [0.1, 0.15) is 18.5 Å². The van der Waals surface area contributed by atoms with E-state index in [2.05, 4.69) is 15.3 Å². The summed E-state index contributed by atoms with van der Waals surface area (Å²) in [6.45, 7) is 1.84. The van der Waals surface area contributed by atoms with Crippen LogP contribution in [-0.4, -0.2) is 29.2 Å². The zero-order chi connectivity index (χ0) is 10.5. The van der Waals surface area contributed by atoms with Crippen LogP contribution in [-0.2, 0) is 0 Å². The Balaban J connectivity index is 2.06. The summed E-state index contributed by atoms with van der Waals surface area (Å²) in [6, 6.07) is 1.97. The van der Waals surface area contributed by atoms with Gasteiger partial charge in [-0.25, -0.2) is 9.97 Å². The van der Waals surface area contributed by atoms with Crippen LogP contribution in [0.5, 0.6) is 5.88 Å². The van der Waals surface area contributed by atoms with Gasteiger partial charge in [0.15, 0.2) is 0 Å². The first kappa shape index (κ1) is 9.87. The van der Waals surface area contributed by atoms with Crippen LogP contribution in [0.2, 0.25) is 0 Å². The molecule has 2 rings (SSSR count). The van der Waals surface area contributed by atoms with E-state index < -0.39 is 0 Å². The summed E-state index contributed by atoms with van der Waals surface area (Å²) in [5.74, 6) is 0.341. The summed E-state index contributed by atoms with van der Waals surface area (Å²) in [7, 11) is 0. The minimum Gasteiger partial charge on any atom is -0.471 e. The van der Waals surface area contributed by atoms with Crippen LogP contribution < -0.4 is 10.1 Å². The number of nitrogens with one attached hydrogen (secondary N) is 1. The van der Waals surface area contributed by atoms with Crippen molar-refractivity contribution in [3.63, 3.8) is 0 Å². The lowest BCUT2D eigenvalue weighted by molar-refractivity contribution is 0.159. The third kappa shape index (κ3) is 2.42. The highest BCUT2D eigenvalue weighted by Crippen LogP contribution is 2.15. The van der Waals surface area contributed by atoms with Crippen LogP contribution in [0.25, 0.3) is 0 Å². The van der Waals surface area contributed by atoms with E-state index >= 15 is 0 Å². The van der Waals surface area contributed by atoms with Crippen molar-refractivity contribution >= 4 is 0 Å². The first-order chi connectivity index (χ1) is 7.40. The Bertz CT molecular complexity index is 368. The number of hydrogen-bond acceptors (Lipinski definition) is 5. The third-order valence-electron chi connectivity index (χ3n) is 2.30. The zero-order valence-corrected chi connectivity index (χ0v) is 8.31. The highest BCUT2D eigenvalue weighted by atomic mass is 16.5. The van der Waals surface area contributed by atoms with E-state index in [1.165, 1.54) is 12.4 Å². The average Bonchev–Trinajstić information content (AvgIpc) is 2.31. The van der Waals surface area contributed by atoms with Crippen molar-refractivity contribution in [2.24, 2.45) is 0 Å². The molecular weight excluding hydrogens is 192 g/mol. The Morgan fingerprint density at radius 2 is 2.33 bits per heavy atom. The second-order valence-corrected chi connectivity index (χ2v) is 3.41. The van der Waals surface area contributed by atoms with Gasteiger partial charge in [-0.2, -0.15) is 5.26 Å². The summed E-state index contributed by atoms with van der Waals surface area (Å²) < 4.78 is 5.62. The molecule has 1 atom stereocenters. The molecule has 1 saturated heterocycles. The van der Waals surface area contributed by atoms with E-state index in [1.54, 1.807) is 0 Å². The molecule has 0 spiro atoms. The summed E-state index contributed by atoms with van der Waals surface area (Å²) in [5.41, 5.74) is 0.253. The Morgan fingerprint density at radius 1 is 1.47 bits per heavy atom. The van der Waals surface area contributed by atoms with Gasteiger partial charge in [0, 0.05) is 18.9 Å². The quantitative estimate of drug-likeness (QED) is 0.758. The molecule has 78 valence electrons. The van der Waals surface area contributed by atoms with Crippen LogP contribution >= 0.6 is 0 Å². The lowest BCUT2D eigenvalue weighted by Gasteiger charge is -2.23. The van der Waals surface area contributed by atoms with Gasteiger partial charge in [0.05, 0.1) is 0 Å². The molecule has 1 unspecified atom stereocenters. The van der Waals surface area contributed by atoms with Gasteiger partial charge in [-0.15, -0.1) is 0 Å². The summed E-state index contributed by atoms with van der Waals surface area (Å²) in [5, 5.41) is 12.0. The van der Waals surface area contributed by atoms with Gasteiger partial charge in [-0.3, -0.25) is 0 Å². The van der Waals surface area contributed by atoms with Crippen molar-refractivity contribution in [1.29, 1.82) is 5.26 Å². The standard InChI is InChI=1S/C10H12N4O/c11-6-9-10(14-5-4-13-9)15-8-2-1-3-12-7-8/h4-5,8,12H,1-3,7H2. The molecule has 1 aromatic rings. The maximum absolute atomic E-state index is 8.80. The number of nitriles is 1. The van der Waals surface area contributed by atoms with Crippen molar-refractivity contribution < 1.29 is 4.74 Å². The Kier molecular flexibility index (Phi) is 3.10. The molecule has 0 saturated carbocycles. The molecule has 15 heavy (non-hydrogen) atoms. The van der Waals surface area contributed by atoms with Gasteiger partial charge < -0.3 is 10.1 Å². The van der Waals surface area contributed by atoms with Crippen LogP contribution in [0.4, 0.5) is 0 Å². The number of ether oxygens (including phenoxy) is 1. The minimum absolute atomic E-state index is 0.0996. The van der Waals surface area contributed by atoms with E-state index in [0.717, 1.165) is 25.9 Å². The van der Waals surface area contributed by atoms with E-state index in [4.69, 9.17) is 10.00 Å². The van der Waals surface area contributed by atoms with E-state index in [9.17, 15) is 0 Å². The molecular formula is C10H12N4O. The topological polar surface area (TPSA) is 70.8 Å². The van der Waals surface area contributed by atoms with Crippen molar-refractivity contribution in [2.75, 3.05) is 13.1 Å². The maximum atomic E-state index is 8.80. The van der Waals surface area contributed by atoms with Gasteiger partial charge in [-0.1, -0.05) is 0 Å². The molecule has 0 aromatic carbocycles. The van der Waals surface area contributed by atoms with Crippen LogP contribution in [0, 0.1) is 11.3 Å². The predicted molar refractivity (Wildman–Crippen MR) is 53.3 cm³/mol. The SMILES string of the molecule is N#Cc1nccnc1OC1CCCNC1. The molecule has 1 aliphatic rings. The molecule has 0 amide bonds. The molecule has 5 heteroatoms. The molecule has 1 aliphatic heterocycles. The molecule has 0 aliphatic carbocycles. The van der Waals surface area contributed by atoms with Gasteiger partial charge in [0.25, 0.3) is 5.88 Å². The fourth-order valence-corrected chi connectivity index (χ4v) is 1.57. The highest BCUT2D eigenvalue weighted by Gasteiger charge is 2.17. The molecule has 1 fully saturated rings. The molecule has 1 N–H and O–H groups in total. The second-order valence-electron chi connectivity index (χ2n) is 3.41. The summed E-state index contributed by atoms with van der Waals surface area (Å²) in [4.78, 5) is 7.90. The fourth-order valence-electron chi connectivity index (χ4n) is 1.57. The summed E-state index contributed by atoms with van der Waals surface area (Å²) in [6.07, 6.45) is 5.21. The Labute approximate surface area is 88.1 Å². The Morgan fingerprint density at radius 3 is 3.07 bits per heavy atom. The number of rotatable bonds is 2. The van der Waals surface area contributed by atoms with Gasteiger partial charge in [0.2, 0.25) is 5.69 Å². The fraction of sp³-hybridized carbons (Fsp3) is 0.500. The lowest BCUT2D eigenvalue weighted by atomic mass is 10.1. The zero-order valence-electron chi connectivity index (χ0n) is 8.31. The van der Waals surface area contributed by atoms with Crippen LogP contribution in [0.15, 0.2) is 12.4 Å². The van der Waals surface area contributed by atoms with Crippen molar-refractivity contribution in [2.45, 2.75) is 18.9 Å². The largest absolute Gasteiger partial charge is 0.471 e. The van der Waals surface area contributed by atoms with Gasteiger partial charge in [0.1, 0.15) is 12.2 Å². The van der Waals surface area contributed by atoms with E-state index in [0.29, 0.717) is 5.88 Å². The maximum Gasteiger partial charge on any atom is 0.251 e. The number of aromatic nitrogens is 2. The van der Waals surface area contributed by atoms with Gasteiger partial charge >= 0.3 is 0 Å². The molecule has 5 nitrogen and oxygen atoms in total. The molecule has 0 radical (unpaired) electrons. The number of piperidine rings is 1. The smallest absolute Gasteiger partial charge is 0.251 e. The molecule has 0 bridgehead atoms. The minimum atomic E-state index is 0.0996. The van der Waals surface area contributed by atoms with Crippen molar-refractivity contribution in [3.05, 3.63) is 18.1 Å². The number of nitrogens with zero attached hydrogens (tertiary/aromatic N) is 3. The van der Waals surface area contributed by atoms with Crippen molar-refractivity contribution in [1.82, 2.24) is 15.3 Å². The molecule has 2 heterocycles. The highest BCUT2D eigenvalue weighted by molar-refractivity contribution is 5.30. The number of hydrogen-bond donors (Lipinski definition) is 1. The third-order valence-corrected chi connectivity index (χ3v) is 2.30. The van der Waals surface area contributed by atoms with Crippen molar-refractivity contribution in [3.8, 4) is 11.9 Å². The normalized spacial score (nSPS) is 20.6. The first-order valence-electron chi connectivity index (χ1n) is 4.98. The average molecular weight is 204 g/mol.